The molecule has 8 heteroatoms. The Kier molecular flexibility index (Phi) is 5.20. The van der Waals surface area contributed by atoms with Crippen LogP contribution in [0.5, 0.6) is 0 Å². The second kappa shape index (κ2) is 8.10. The van der Waals surface area contributed by atoms with Crippen LogP contribution in [0, 0.1) is 0 Å². The second-order valence-electron chi connectivity index (χ2n) is 6.36. The number of carbonyl (C=O) groups excluding carboxylic acids is 2. The first-order chi connectivity index (χ1) is 13.7. The largest absolute Gasteiger partial charge is 0.334 e. The lowest BCUT2D eigenvalue weighted by Gasteiger charge is -2.16. The zero-order chi connectivity index (χ0) is 19.3. The van der Waals surface area contributed by atoms with Crippen LogP contribution in [0.1, 0.15) is 21.7 Å². The summed E-state index contributed by atoms with van der Waals surface area (Å²) < 4.78 is 0. The minimum atomic E-state index is -0.244. The van der Waals surface area contributed by atoms with E-state index in [1.54, 1.807) is 22.3 Å². The van der Waals surface area contributed by atoms with Gasteiger partial charge in [-0.25, -0.2) is 4.79 Å². The number of aromatic nitrogens is 2. The SMILES string of the molecule is O=C(/C=C/c1cccs1)Nc1[nH]nc2c1CN(C(=O)NCc1ccccc1)C2. The molecule has 0 unspecified atom stereocenters. The van der Waals surface area contributed by atoms with Gasteiger partial charge >= 0.3 is 6.03 Å². The van der Waals surface area contributed by atoms with Crippen LogP contribution < -0.4 is 10.6 Å². The maximum Gasteiger partial charge on any atom is 0.318 e. The number of anilines is 1. The molecule has 3 N–H and O–H groups in total. The molecule has 0 fully saturated rings. The van der Waals surface area contributed by atoms with E-state index in [1.807, 2.05) is 47.8 Å². The fraction of sp³-hybridized carbons (Fsp3) is 0.150. The Morgan fingerprint density at radius 3 is 2.82 bits per heavy atom. The van der Waals surface area contributed by atoms with Gasteiger partial charge in [0, 0.05) is 23.1 Å². The number of nitrogens with one attached hydrogen (secondary N) is 3. The first-order valence-corrected chi connectivity index (χ1v) is 9.72. The van der Waals surface area contributed by atoms with Gasteiger partial charge in [0.1, 0.15) is 5.82 Å². The van der Waals surface area contributed by atoms with E-state index >= 15 is 0 Å². The van der Waals surface area contributed by atoms with Gasteiger partial charge in [0.2, 0.25) is 5.91 Å². The Morgan fingerprint density at radius 2 is 2.04 bits per heavy atom. The van der Waals surface area contributed by atoms with E-state index < -0.39 is 0 Å². The van der Waals surface area contributed by atoms with Gasteiger partial charge in [-0.15, -0.1) is 11.3 Å². The number of fused-ring (bicyclic) bond motifs is 1. The Labute approximate surface area is 166 Å². The second-order valence-corrected chi connectivity index (χ2v) is 7.34. The van der Waals surface area contributed by atoms with Crippen LogP contribution in [0.2, 0.25) is 0 Å². The number of nitrogens with zero attached hydrogens (tertiary/aromatic N) is 2. The molecule has 0 saturated heterocycles. The molecule has 2 aromatic heterocycles. The molecule has 3 amide bonds. The van der Waals surface area contributed by atoms with Crippen molar-refractivity contribution in [3.63, 3.8) is 0 Å². The van der Waals surface area contributed by atoms with Crippen LogP contribution in [0.25, 0.3) is 6.08 Å². The molecule has 1 aliphatic heterocycles. The lowest BCUT2D eigenvalue weighted by Crippen LogP contribution is -2.36. The molecular formula is C20H19N5O2S. The van der Waals surface area contributed by atoms with Crippen LogP contribution >= 0.6 is 11.3 Å². The topological polar surface area (TPSA) is 90.1 Å². The van der Waals surface area contributed by atoms with Gasteiger partial charge in [0.05, 0.1) is 18.8 Å². The maximum absolute atomic E-state index is 12.4. The molecule has 7 nitrogen and oxygen atoms in total. The monoisotopic (exact) mass is 393 g/mol. The van der Waals surface area contributed by atoms with E-state index in [-0.39, 0.29) is 11.9 Å². The van der Waals surface area contributed by atoms with Crippen molar-refractivity contribution in [2.45, 2.75) is 19.6 Å². The van der Waals surface area contributed by atoms with Gasteiger partial charge in [0.25, 0.3) is 0 Å². The summed E-state index contributed by atoms with van der Waals surface area (Å²) in [7, 11) is 0. The van der Waals surface area contributed by atoms with Crippen molar-refractivity contribution in [2.24, 2.45) is 0 Å². The van der Waals surface area contributed by atoms with Crippen molar-refractivity contribution in [2.75, 3.05) is 5.32 Å². The average Bonchev–Trinajstić information content (AvgIpc) is 3.44. The number of H-pyrrole nitrogens is 1. The quantitative estimate of drug-likeness (QED) is 0.581. The van der Waals surface area contributed by atoms with Gasteiger partial charge in [-0.2, -0.15) is 5.10 Å². The molecule has 0 spiro atoms. The van der Waals surface area contributed by atoms with Crippen LogP contribution in [-0.2, 0) is 24.4 Å². The van der Waals surface area contributed by atoms with Crippen LogP contribution in [0.4, 0.5) is 10.6 Å². The number of thiophene rings is 1. The Bertz CT molecular complexity index is 995. The van der Waals surface area contributed by atoms with E-state index in [4.69, 9.17) is 0 Å². The Balaban J connectivity index is 1.33. The maximum atomic E-state index is 12.4. The summed E-state index contributed by atoms with van der Waals surface area (Å²) in [6.45, 7) is 1.28. The fourth-order valence-electron chi connectivity index (χ4n) is 2.97. The predicted molar refractivity (Wildman–Crippen MR) is 108 cm³/mol. The standard InChI is InChI=1S/C20H19N5O2S/c26-18(9-8-15-7-4-10-28-15)22-19-16-12-25(13-17(16)23-24-19)20(27)21-11-14-5-2-1-3-6-14/h1-10H,11-13H2,(H,21,27)(H2,22,23,24,26)/b9-8+. The average molecular weight is 393 g/mol. The molecule has 0 radical (unpaired) electrons. The number of benzene rings is 1. The molecule has 1 aromatic carbocycles. The van der Waals surface area contributed by atoms with Crippen LogP contribution in [0.15, 0.2) is 53.9 Å². The highest BCUT2D eigenvalue weighted by molar-refractivity contribution is 7.10. The molecule has 0 bridgehead atoms. The van der Waals surface area contributed by atoms with Crippen LogP contribution in [0.3, 0.4) is 0 Å². The number of aromatic amines is 1. The molecule has 3 heterocycles. The summed E-state index contributed by atoms with van der Waals surface area (Å²) in [5, 5.41) is 14.7. The van der Waals surface area contributed by atoms with Crippen molar-refractivity contribution in [1.29, 1.82) is 0 Å². The van der Waals surface area contributed by atoms with E-state index in [9.17, 15) is 9.59 Å². The van der Waals surface area contributed by atoms with Crippen molar-refractivity contribution in [1.82, 2.24) is 20.4 Å². The van der Waals surface area contributed by atoms with Crippen molar-refractivity contribution in [3.05, 3.63) is 75.6 Å². The molecule has 28 heavy (non-hydrogen) atoms. The molecule has 0 saturated carbocycles. The molecule has 3 aromatic rings. The third-order valence-corrected chi connectivity index (χ3v) is 5.24. The van der Waals surface area contributed by atoms with E-state index in [1.165, 1.54) is 6.08 Å². The Morgan fingerprint density at radius 1 is 1.18 bits per heavy atom. The van der Waals surface area contributed by atoms with Gasteiger partial charge in [-0.3, -0.25) is 9.89 Å². The lowest BCUT2D eigenvalue weighted by molar-refractivity contribution is -0.111. The number of hydrogen-bond donors (Lipinski definition) is 3. The number of hydrogen-bond acceptors (Lipinski definition) is 4. The van der Waals surface area contributed by atoms with E-state index in [0.717, 1.165) is 21.7 Å². The lowest BCUT2D eigenvalue weighted by atomic mass is 10.2. The first-order valence-electron chi connectivity index (χ1n) is 8.84. The van der Waals surface area contributed by atoms with Crippen molar-refractivity contribution >= 4 is 35.2 Å². The molecule has 142 valence electrons. The van der Waals surface area contributed by atoms with E-state index in [2.05, 4.69) is 20.8 Å². The summed E-state index contributed by atoms with van der Waals surface area (Å²) >= 11 is 1.56. The molecular weight excluding hydrogens is 374 g/mol. The minimum absolute atomic E-state index is 0.156. The van der Waals surface area contributed by atoms with Crippen molar-refractivity contribution in [3.8, 4) is 0 Å². The van der Waals surface area contributed by atoms with Crippen LogP contribution in [-0.4, -0.2) is 27.0 Å². The van der Waals surface area contributed by atoms with Gasteiger partial charge in [0.15, 0.2) is 0 Å². The fourth-order valence-corrected chi connectivity index (χ4v) is 3.59. The number of rotatable bonds is 5. The number of urea groups is 1. The zero-order valence-electron chi connectivity index (χ0n) is 15.0. The highest BCUT2D eigenvalue weighted by Crippen LogP contribution is 2.27. The van der Waals surface area contributed by atoms with E-state index in [0.29, 0.717) is 25.5 Å². The smallest absolute Gasteiger partial charge is 0.318 e. The third kappa shape index (κ3) is 4.12. The molecule has 4 rings (SSSR count). The summed E-state index contributed by atoms with van der Waals surface area (Å²) in [6, 6.07) is 13.5. The summed E-state index contributed by atoms with van der Waals surface area (Å²) in [5.41, 5.74) is 2.65. The molecule has 0 aliphatic carbocycles. The molecule has 1 aliphatic rings. The normalized spacial score (nSPS) is 12.9. The number of carbonyl (C=O) groups is 2. The third-order valence-electron chi connectivity index (χ3n) is 4.41. The highest BCUT2D eigenvalue weighted by Gasteiger charge is 2.28. The van der Waals surface area contributed by atoms with Crippen molar-refractivity contribution < 1.29 is 9.59 Å². The summed E-state index contributed by atoms with van der Waals surface area (Å²) in [6.07, 6.45) is 3.25. The van der Waals surface area contributed by atoms with Gasteiger partial charge in [-0.05, 0) is 23.1 Å². The summed E-state index contributed by atoms with van der Waals surface area (Å²) in [5.74, 6) is 0.293. The number of amides is 3. The predicted octanol–water partition coefficient (Wildman–Crippen LogP) is 3.35. The summed E-state index contributed by atoms with van der Waals surface area (Å²) in [4.78, 5) is 27.3. The van der Waals surface area contributed by atoms with Gasteiger partial charge in [-0.1, -0.05) is 36.4 Å². The molecule has 0 atom stereocenters. The highest BCUT2D eigenvalue weighted by atomic mass is 32.1. The van der Waals surface area contributed by atoms with Gasteiger partial charge < -0.3 is 15.5 Å². The minimum Gasteiger partial charge on any atom is -0.334 e. The first kappa shape index (κ1) is 18.0. The Hall–Kier alpha value is -3.39. The zero-order valence-corrected chi connectivity index (χ0v) is 15.8.